The number of aliphatic hydroxyl groups is 1. The van der Waals surface area contributed by atoms with E-state index in [2.05, 4.69) is 5.10 Å². The molecular formula is C14H15FN2O3. The van der Waals surface area contributed by atoms with Crippen molar-refractivity contribution in [3.63, 3.8) is 0 Å². The Balaban J connectivity index is 2.45. The molecule has 2 rings (SSSR count). The third-order valence-corrected chi connectivity index (χ3v) is 2.79. The average molecular weight is 278 g/mol. The number of aromatic nitrogens is 2. The zero-order chi connectivity index (χ0) is 14.7. The monoisotopic (exact) mass is 278 g/mol. The molecule has 0 aliphatic carbocycles. The van der Waals surface area contributed by atoms with Gasteiger partial charge in [0.15, 0.2) is 0 Å². The smallest absolute Gasteiger partial charge is 0.341 e. The molecule has 0 saturated heterocycles. The molecule has 6 heteroatoms. The van der Waals surface area contributed by atoms with Crippen molar-refractivity contribution in [1.82, 2.24) is 9.78 Å². The van der Waals surface area contributed by atoms with Crippen LogP contribution in [-0.2, 0) is 4.74 Å². The molecule has 1 aromatic carbocycles. The van der Waals surface area contributed by atoms with Gasteiger partial charge in [-0.15, -0.1) is 0 Å². The normalized spacial score (nSPS) is 12.2. The highest BCUT2D eigenvalue weighted by molar-refractivity contribution is 5.88. The number of aliphatic hydroxyl groups excluding tert-OH is 1. The maximum atomic E-state index is 14.0. The molecule has 1 N–H and O–H groups in total. The van der Waals surface area contributed by atoms with Crippen LogP contribution in [0.25, 0.3) is 5.69 Å². The van der Waals surface area contributed by atoms with E-state index in [4.69, 9.17) is 4.74 Å². The van der Waals surface area contributed by atoms with Crippen LogP contribution in [0.3, 0.4) is 0 Å². The highest BCUT2D eigenvalue weighted by Crippen LogP contribution is 2.24. The van der Waals surface area contributed by atoms with E-state index < -0.39 is 17.9 Å². The third kappa shape index (κ3) is 2.70. The van der Waals surface area contributed by atoms with Gasteiger partial charge in [0.25, 0.3) is 0 Å². The molecule has 0 fully saturated rings. The van der Waals surface area contributed by atoms with Crippen LogP contribution in [0, 0.1) is 5.82 Å². The second-order valence-corrected chi connectivity index (χ2v) is 4.25. The molecule has 0 aliphatic rings. The van der Waals surface area contributed by atoms with Gasteiger partial charge in [-0.3, -0.25) is 0 Å². The van der Waals surface area contributed by atoms with Gasteiger partial charge in [-0.05, 0) is 19.9 Å². The van der Waals surface area contributed by atoms with Gasteiger partial charge in [-0.1, -0.05) is 12.1 Å². The van der Waals surface area contributed by atoms with Crippen molar-refractivity contribution in [1.29, 1.82) is 0 Å². The van der Waals surface area contributed by atoms with Crippen LogP contribution < -0.4 is 0 Å². The van der Waals surface area contributed by atoms with Crippen molar-refractivity contribution in [2.75, 3.05) is 6.61 Å². The summed E-state index contributed by atoms with van der Waals surface area (Å²) in [5.41, 5.74) is 0.744. The Labute approximate surface area is 115 Å². The lowest BCUT2D eigenvalue weighted by Gasteiger charge is -2.12. The lowest BCUT2D eigenvalue weighted by atomic mass is 10.1. The topological polar surface area (TPSA) is 64.3 Å². The molecule has 20 heavy (non-hydrogen) atoms. The number of esters is 1. The van der Waals surface area contributed by atoms with Crippen LogP contribution in [0.4, 0.5) is 4.39 Å². The summed E-state index contributed by atoms with van der Waals surface area (Å²) in [4.78, 5) is 11.6. The summed E-state index contributed by atoms with van der Waals surface area (Å²) in [6, 6.07) is 4.39. The van der Waals surface area contributed by atoms with Crippen LogP contribution in [0.1, 0.15) is 35.9 Å². The fourth-order valence-electron chi connectivity index (χ4n) is 1.88. The van der Waals surface area contributed by atoms with Gasteiger partial charge < -0.3 is 9.84 Å². The van der Waals surface area contributed by atoms with Crippen molar-refractivity contribution in [3.05, 3.63) is 47.5 Å². The Kier molecular flexibility index (Phi) is 4.14. The number of para-hydroxylation sites is 1. The molecule has 2 aromatic rings. The zero-order valence-electron chi connectivity index (χ0n) is 11.2. The molecule has 106 valence electrons. The number of hydrogen-bond donors (Lipinski definition) is 1. The highest BCUT2D eigenvalue weighted by atomic mass is 19.1. The predicted molar refractivity (Wildman–Crippen MR) is 70.1 cm³/mol. The number of benzene rings is 1. The molecule has 0 unspecified atom stereocenters. The SMILES string of the molecule is CCOC(=O)c1cnn(-c2c(F)cccc2[C@H](C)O)c1. The third-order valence-electron chi connectivity index (χ3n) is 2.79. The minimum Gasteiger partial charge on any atom is -0.462 e. The summed E-state index contributed by atoms with van der Waals surface area (Å²) in [5.74, 6) is -1.05. The number of hydrogen-bond acceptors (Lipinski definition) is 4. The molecule has 5 nitrogen and oxygen atoms in total. The molecular weight excluding hydrogens is 263 g/mol. The van der Waals surface area contributed by atoms with Crippen molar-refractivity contribution in [3.8, 4) is 5.69 Å². The molecule has 0 saturated carbocycles. The second kappa shape index (κ2) is 5.83. The van der Waals surface area contributed by atoms with Crippen LogP contribution in [0.15, 0.2) is 30.6 Å². The standard InChI is InChI=1S/C14H15FN2O3/c1-3-20-14(19)10-7-16-17(8-10)13-11(9(2)18)5-4-6-12(13)15/h4-9,18H,3H2,1-2H3/t9-/m0/s1. The van der Waals surface area contributed by atoms with Gasteiger partial charge >= 0.3 is 5.97 Å². The number of carbonyl (C=O) groups excluding carboxylic acids is 1. The molecule has 0 aliphatic heterocycles. The van der Waals surface area contributed by atoms with Crippen molar-refractivity contribution >= 4 is 5.97 Å². The van der Waals surface area contributed by atoms with Gasteiger partial charge in [0.05, 0.1) is 24.5 Å². The van der Waals surface area contributed by atoms with E-state index in [9.17, 15) is 14.3 Å². The van der Waals surface area contributed by atoms with E-state index in [1.165, 1.54) is 36.1 Å². The maximum Gasteiger partial charge on any atom is 0.341 e. The van der Waals surface area contributed by atoms with E-state index in [1.54, 1.807) is 13.0 Å². The van der Waals surface area contributed by atoms with Crippen LogP contribution in [0.2, 0.25) is 0 Å². The van der Waals surface area contributed by atoms with Crippen molar-refractivity contribution in [2.24, 2.45) is 0 Å². The fourth-order valence-corrected chi connectivity index (χ4v) is 1.88. The first-order chi connectivity index (χ1) is 9.54. The summed E-state index contributed by atoms with van der Waals surface area (Å²) >= 11 is 0. The number of carbonyl (C=O) groups is 1. The Morgan fingerprint density at radius 1 is 1.55 bits per heavy atom. The summed E-state index contributed by atoms with van der Waals surface area (Å²) < 4.78 is 20.0. The highest BCUT2D eigenvalue weighted by Gasteiger charge is 2.17. The number of halogens is 1. The molecule has 0 spiro atoms. The van der Waals surface area contributed by atoms with Crippen LogP contribution in [0.5, 0.6) is 0 Å². The molecule has 0 bridgehead atoms. The number of ether oxygens (including phenoxy) is 1. The summed E-state index contributed by atoms with van der Waals surface area (Å²) in [6.45, 7) is 3.49. The predicted octanol–water partition coefficient (Wildman–Crippen LogP) is 2.24. The first-order valence-electron chi connectivity index (χ1n) is 6.23. The largest absolute Gasteiger partial charge is 0.462 e. The molecule has 1 heterocycles. The van der Waals surface area contributed by atoms with Crippen molar-refractivity contribution < 1.29 is 19.0 Å². The summed E-state index contributed by atoms with van der Waals surface area (Å²) in [7, 11) is 0. The van der Waals surface area contributed by atoms with E-state index in [0.717, 1.165) is 0 Å². The maximum absolute atomic E-state index is 14.0. The molecule has 1 atom stereocenters. The minimum absolute atomic E-state index is 0.123. The van der Waals surface area contributed by atoms with E-state index >= 15 is 0 Å². The number of nitrogens with zero attached hydrogens (tertiary/aromatic N) is 2. The van der Waals surface area contributed by atoms with E-state index in [0.29, 0.717) is 5.56 Å². The fraction of sp³-hybridized carbons (Fsp3) is 0.286. The zero-order valence-corrected chi connectivity index (χ0v) is 11.2. The number of rotatable bonds is 4. The lowest BCUT2D eigenvalue weighted by Crippen LogP contribution is -2.06. The lowest BCUT2D eigenvalue weighted by molar-refractivity contribution is 0.0526. The molecule has 0 radical (unpaired) electrons. The summed E-state index contributed by atoms with van der Waals surface area (Å²) in [5, 5.41) is 13.6. The van der Waals surface area contributed by atoms with Crippen molar-refractivity contribution in [2.45, 2.75) is 20.0 Å². The first-order valence-corrected chi connectivity index (χ1v) is 6.23. The quantitative estimate of drug-likeness (QED) is 0.871. The Bertz CT molecular complexity index is 623. The van der Waals surface area contributed by atoms with Gasteiger partial charge in [0, 0.05) is 11.8 Å². The molecule has 1 aromatic heterocycles. The average Bonchev–Trinajstić information content (AvgIpc) is 2.88. The summed E-state index contributed by atoms with van der Waals surface area (Å²) in [6.07, 6.45) is 1.83. The van der Waals surface area contributed by atoms with Crippen LogP contribution in [-0.4, -0.2) is 27.5 Å². The van der Waals surface area contributed by atoms with Gasteiger partial charge in [-0.2, -0.15) is 5.10 Å². The Hall–Kier alpha value is -2.21. The molecule has 0 amide bonds. The minimum atomic E-state index is -0.851. The van der Waals surface area contributed by atoms with Crippen LogP contribution >= 0.6 is 0 Å². The Morgan fingerprint density at radius 3 is 2.95 bits per heavy atom. The second-order valence-electron chi connectivity index (χ2n) is 4.25. The van der Waals surface area contributed by atoms with E-state index in [-0.39, 0.29) is 17.9 Å². The van der Waals surface area contributed by atoms with Gasteiger partial charge in [0.2, 0.25) is 0 Å². The Morgan fingerprint density at radius 2 is 2.30 bits per heavy atom. The van der Waals surface area contributed by atoms with Gasteiger partial charge in [-0.25, -0.2) is 13.9 Å². The first kappa shape index (κ1) is 14.2. The van der Waals surface area contributed by atoms with Gasteiger partial charge in [0.1, 0.15) is 11.5 Å². The van der Waals surface area contributed by atoms with E-state index in [1.807, 2.05) is 0 Å².